The fourth-order valence-corrected chi connectivity index (χ4v) is 1.23. The molecule has 0 fully saturated rings. The summed E-state index contributed by atoms with van der Waals surface area (Å²) in [6.45, 7) is 5.80. The summed E-state index contributed by atoms with van der Waals surface area (Å²) in [6, 6.07) is 0. The van der Waals surface area contributed by atoms with Gasteiger partial charge >= 0.3 is 0 Å². The summed E-state index contributed by atoms with van der Waals surface area (Å²) in [6.07, 6.45) is 6.23. The maximum atomic E-state index is 9.63. The van der Waals surface area contributed by atoms with Gasteiger partial charge in [0.15, 0.2) is 0 Å². The van der Waals surface area contributed by atoms with Crippen LogP contribution in [0.2, 0.25) is 0 Å². The maximum absolute atomic E-state index is 9.63. The van der Waals surface area contributed by atoms with Crippen LogP contribution in [0, 0.1) is 0 Å². The van der Waals surface area contributed by atoms with E-state index < -0.39 is 5.60 Å². The average Bonchev–Trinajstić information content (AvgIpc) is 1.86. The van der Waals surface area contributed by atoms with Crippen LogP contribution in [-0.2, 0) is 0 Å². The van der Waals surface area contributed by atoms with Crippen LogP contribution < -0.4 is 0 Å². The van der Waals surface area contributed by atoms with E-state index in [1.54, 1.807) is 0 Å². The number of allylic oxidation sites excluding steroid dienone is 3. The normalized spacial score (nSPS) is 19.3. The van der Waals surface area contributed by atoms with Gasteiger partial charge in [0.05, 0.1) is 5.60 Å². The largest absolute Gasteiger partial charge is 0.386 e. The van der Waals surface area contributed by atoms with E-state index in [4.69, 9.17) is 0 Å². The number of hydrogen-bond donors (Lipinski definition) is 1. The summed E-state index contributed by atoms with van der Waals surface area (Å²) in [5.74, 6) is 0. The average molecular weight is 152 g/mol. The third-order valence-electron chi connectivity index (χ3n) is 2.13. The van der Waals surface area contributed by atoms with Crippen LogP contribution in [0.4, 0.5) is 0 Å². The molecule has 0 radical (unpaired) electrons. The quantitative estimate of drug-likeness (QED) is 0.572. The molecule has 1 aliphatic rings. The van der Waals surface area contributed by atoms with Crippen molar-refractivity contribution in [3.05, 3.63) is 23.3 Å². The molecule has 0 heterocycles. The van der Waals surface area contributed by atoms with Crippen molar-refractivity contribution < 1.29 is 5.11 Å². The minimum atomic E-state index is -0.628. The van der Waals surface area contributed by atoms with Crippen molar-refractivity contribution in [2.24, 2.45) is 0 Å². The Morgan fingerprint density at radius 2 is 1.91 bits per heavy atom. The highest BCUT2D eigenvalue weighted by Gasteiger charge is 2.19. The third-order valence-corrected chi connectivity index (χ3v) is 2.13. The molecule has 0 spiro atoms. The van der Waals surface area contributed by atoms with Gasteiger partial charge in [-0.15, -0.1) is 0 Å². The van der Waals surface area contributed by atoms with E-state index in [1.165, 1.54) is 5.57 Å². The molecule has 0 aromatic rings. The smallest absolute Gasteiger partial charge is 0.0803 e. The van der Waals surface area contributed by atoms with E-state index in [9.17, 15) is 5.11 Å². The Morgan fingerprint density at radius 3 is 2.27 bits per heavy atom. The molecule has 1 heteroatoms. The van der Waals surface area contributed by atoms with Crippen LogP contribution in [0.1, 0.15) is 33.6 Å². The molecule has 0 amide bonds. The topological polar surface area (TPSA) is 20.2 Å². The zero-order chi connectivity index (χ0) is 8.48. The zero-order valence-electron chi connectivity index (χ0n) is 7.52. The molecule has 0 bridgehead atoms. The van der Waals surface area contributed by atoms with Gasteiger partial charge in [0.1, 0.15) is 0 Å². The van der Waals surface area contributed by atoms with Crippen LogP contribution in [0.15, 0.2) is 23.3 Å². The predicted octanol–water partition coefficient (Wildman–Crippen LogP) is 2.42. The van der Waals surface area contributed by atoms with Crippen molar-refractivity contribution in [2.45, 2.75) is 39.2 Å². The molecule has 0 atom stereocenters. The fraction of sp³-hybridized carbons (Fsp3) is 0.600. The molecule has 0 saturated carbocycles. The van der Waals surface area contributed by atoms with E-state index in [0.29, 0.717) is 0 Å². The van der Waals surface area contributed by atoms with Gasteiger partial charge in [-0.2, -0.15) is 0 Å². The highest BCUT2D eigenvalue weighted by Crippen LogP contribution is 2.25. The van der Waals surface area contributed by atoms with Gasteiger partial charge in [0.2, 0.25) is 0 Å². The van der Waals surface area contributed by atoms with Crippen molar-refractivity contribution >= 4 is 0 Å². The maximum Gasteiger partial charge on any atom is 0.0803 e. The molecule has 0 aromatic heterocycles. The first-order chi connectivity index (χ1) is 5.00. The van der Waals surface area contributed by atoms with Crippen molar-refractivity contribution in [2.75, 3.05) is 0 Å². The van der Waals surface area contributed by atoms with Gasteiger partial charge in [0, 0.05) is 0 Å². The summed E-state index contributed by atoms with van der Waals surface area (Å²) in [5, 5.41) is 9.63. The van der Waals surface area contributed by atoms with Gasteiger partial charge in [-0.05, 0) is 39.2 Å². The van der Waals surface area contributed by atoms with Gasteiger partial charge in [0.25, 0.3) is 0 Å². The summed E-state index contributed by atoms with van der Waals surface area (Å²) in [5.41, 5.74) is 1.91. The van der Waals surface area contributed by atoms with Crippen LogP contribution in [0.3, 0.4) is 0 Å². The first kappa shape index (κ1) is 8.54. The predicted molar refractivity (Wildman–Crippen MR) is 47.4 cm³/mol. The minimum absolute atomic E-state index is 0.628. The van der Waals surface area contributed by atoms with Crippen molar-refractivity contribution in [1.29, 1.82) is 0 Å². The second-order valence-corrected chi connectivity index (χ2v) is 3.75. The molecule has 0 aliphatic heterocycles. The first-order valence-corrected chi connectivity index (χ1v) is 4.07. The van der Waals surface area contributed by atoms with Gasteiger partial charge in [-0.3, -0.25) is 0 Å². The molecule has 1 nitrogen and oxygen atoms in total. The van der Waals surface area contributed by atoms with E-state index in [1.807, 2.05) is 13.8 Å². The van der Waals surface area contributed by atoms with E-state index in [2.05, 4.69) is 19.1 Å². The summed E-state index contributed by atoms with van der Waals surface area (Å²) < 4.78 is 0. The first-order valence-electron chi connectivity index (χ1n) is 4.07. The second kappa shape index (κ2) is 2.82. The molecule has 0 unspecified atom stereocenters. The SMILES string of the molecule is CC1=CCC(C(C)(C)O)=CC1. The molecule has 62 valence electrons. The van der Waals surface area contributed by atoms with Crippen molar-refractivity contribution in [3.8, 4) is 0 Å². The van der Waals surface area contributed by atoms with E-state index >= 15 is 0 Å². The standard InChI is InChI=1S/C10H16O/c1-8-4-6-9(7-5-8)10(2,3)11/h4,7,11H,5-6H2,1-3H3. The van der Waals surface area contributed by atoms with Crippen LogP contribution >= 0.6 is 0 Å². The Morgan fingerprint density at radius 1 is 1.27 bits per heavy atom. The summed E-state index contributed by atoms with van der Waals surface area (Å²) >= 11 is 0. The van der Waals surface area contributed by atoms with Gasteiger partial charge < -0.3 is 5.11 Å². The van der Waals surface area contributed by atoms with E-state index in [0.717, 1.165) is 18.4 Å². The Hall–Kier alpha value is -0.560. The molecule has 0 saturated heterocycles. The summed E-state index contributed by atoms with van der Waals surface area (Å²) in [7, 11) is 0. The monoisotopic (exact) mass is 152 g/mol. The van der Waals surface area contributed by atoms with Crippen molar-refractivity contribution in [3.63, 3.8) is 0 Å². The molecule has 1 N–H and O–H groups in total. The number of rotatable bonds is 1. The number of hydrogen-bond acceptors (Lipinski definition) is 1. The van der Waals surface area contributed by atoms with E-state index in [-0.39, 0.29) is 0 Å². The Balaban J connectivity index is 2.66. The fourth-order valence-electron chi connectivity index (χ4n) is 1.23. The lowest BCUT2D eigenvalue weighted by Crippen LogP contribution is -2.22. The molecular formula is C10H16O. The second-order valence-electron chi connectivity index (χ2n) is 3.75. The highest BCUT2D eigenvalue weighted by atomic mass is 16.3. The van der Waals surface area contributed by atoms with Crippen LogP contribution in [0.25, 0.3) is 0 Å². The molecule has 1 rings (SSSR count). The zero-order valence-corrected chi connectivity index (χ0v) is 7.52. The van der Waals surface area contributed by atoms with Gasteiger partial charge in [-0.1, -0.05) is 17.7 Å². The lowest BCUT2D eigenvalue weighted by atomic mass is 9.89. The van der Waals surface area contributed by atoms with Crippen LogP contribution in [0.5, 0.6) is 0 Å². The van der Waals surface area contributed by atoms with Crippen LogP contribution in [-0.4, -0.2) is 10.7 Å². The Bertz CT molecular complexity index is 203. The lowest BCUT2D eigenvalue weighted by Gasteiger charge is -2.23. The Labute approximate surface area is 68.4 Å². The minimum Gasteiger partial charge on any atom is -0.386 e. The molecule has 11 heavy (non-hydrogen) atoms. The summed E-state index contributed by atoms with van der Waals surface area (Å²) in [4.78, 5) is 0. The Kier molecular flexibility index (Phi) is 2.19. The molecular weight excluding hydrogens is 136 g/mol. The molecule has 0 aromatic carbocycles. The lowest BCUT2D eigenvalue weighted by molar-refractivity contribution is 0.117. The number of aliphatic hydroxyl groups is 1. The molecule has 1 aliphatic carbocycles. The third kappa shape index (κ3) is 2.19. The van der Waals surface area contributed by atoms with Gasteiger partial charge in [-0.25, -0.2) is 0 Å². The van der Waals surface area contributed by atoms with Crippen molar-refractivity contribution in [1.82, 2.24) is 0 Å². The highest BCUT2D eigenvalue weighted by molar-refractivity contribution is 5.25.